The number of hydrogen-bond donors (Lipinski definition) is 2. The van der Waals surface area contributed by atoms with Gasteiger partial charge in [0.1, 0.15) is 0 Å². The first-order chi connectivity index (χ1) is 9.12. The van der Waals surface area contributed by atoms with E-state index in [0.29, 0.717) is 12.0 Å². The number of halogens is 1. The van der Waals surface area contributed by atoms with E-state index in [-0.39, 0.29) is 0 Å². The Bertz CT molecular complexity index is 373. The van der Waals surface area contributed by atoms with Gasteiger partial charge in [0, 0.05) is 11.1 Å². The van der Waals surface area contributed by atoms with Gasteiger partial charge in [-0.05, 0) is 49.3 Å². The van der Waals surface area contributed by atoms with Crippen LogP contribution in [-0.4, -0.2) is 6.04 Å². The number of hydrazine groups is 1. The molecule has 2 nitrogen and oxygen atoms in total. The maximum absolute atomic E-state index is 6.32. The Morgan fingerprint density at radius 3 is 2.32 bits per heavy atom. The van der Waals surface area contributed by atoms with Crippen LogP contribution >= 0.6 is 11.6 Å². The molecule has 0 bridgehead atoms. The van der Waals surface area contributed by atoms with Crippen LogP contribution in [0, 0.1) is 12.8 Å². The summed E-state index contributed by atoms with van der Waals surface area (Å²) in [5, 5.41) is 0.854. The van der Waals surface area contributed by atoms with Gasteiger partial charge in [0.05, 0.1) is 0 Å². The van der Waals surface area contributed by atoms with Crippen molar-refractivity contribution in [3.05, 3.63) is 34.3 Å². The lowest BCUT2D eigenvalue weighted by Crippen LogP contribution is -2.42. The largest absolute Gasteiger partial charge is 0.271 e. The fraction of sp³-hybridized carbons (Fsp3) is 0.625. The maximum atomic E-state index is 6.32. The van der Waals surface area contributed by atoms with Crippen LogP contribution in [0.3, 0.4) is 0 Å². The minimum atomic E-state index is 0.306. The Labute approximate surface area is 122 Å². The molecule has 0 aliphatic carbocycles. The topological polar surface area (TPSA) is 38.0 Å². The monoisotopic (exact) mass is 282 g/mol. The van der Waals surface area contributed by atoms with E-state index in [2.05, 4.69) is 38.3 Å². The zero-order chi connectivity index (χ0) is 14.3. The normalized spacial score (nSPS) is 12.9. The molecule has 0 heterocycles. The van der Waals surface area contributed by atoms with Gasteiger partial charge in [0.2, 0.25) is 0 Å². The molecule has 108 valence electrons. The zero-order valence-electron chi connectivity index (χ0n) is 12.4. The number of rotatable bonds is 8. The highest BCUT2D eigenvalue weighted by Crippen LogP contribution is 2.24. The highest BCUT2D eigenvalue weighted by molar-refractivity contribution is 6.31. The highest BCUT2D eigenvalue weighted by Gasteiger charge is 2.20. The molecule has 0 radical (unpaired) electrons. The molecule has 19 heavy (non-hydrogen) atoms. The first kappa shape index (κ1) is 16.5. The Morgan fingerprint density at radius 2 is 1.84 bits per heavy atom. The molecule has 0 saturated carbocycles. The SMILES string of the molecule is CCCC(CCC)C(Cc1ccc(C)cc1Cl)NN. The predicted octanol–water partition coefficient (Wildman–Crippen LogP) is 4.24. The van der Waals surface area contributed by atoms with Gasteiger partial charge in [-0.1, -0.05) is 50.4 Å². The second-order valence-corrected chi connectivity index (χ2v) is 5.82. The van der Waals surface area contributed by atoms with Gasteiger partial charge in [-0.3, -0.25) is 11.3 Å². The van der Waals surface area contributed by atoms with E-state index in [9.17, 15) is 0 Å². The molecule has 0 amide bonds. The summed E-state index contributed by atoms with van der Waals surface area (Å²) >= 11 is 6.32. The molecule has 0 aromatic heterocycles. The van der Waals surface area contributed by atoms with Crippen molar-refractivity contribution < 1.29 is 0 Å². The summed E-state index contributed by atoms with van der Waals surface area (Å²) in [7, 11) is 0. The van der Waals surface area contributed by atoms with Gasteiger partial charge in [-0.25, -0.2) is 0 Å². The van der Waals surface area contributed by atoms with Crippen molar-refractivity contribution in [3.8, 4) is 0 Å². The van der Waals surface area contributed by atoms with Gasteiger partial charge in [-0.15, -0.1) is 0 Å². The van der Waals surface area contributed by atoms with Crippen LogP contribution in [0.5, 0.6) is 0 Å². The average Bonchev–Trinajstić information content (AvgIpc) is 2.38. The van der Waals surface area contributed by atoms with Crippen LogP contribution in [0.15, 0.2) is 18.2 Å². The van der Waals surface area contributed by atoms with E-state index < -0.39 is 0 Å². The number of benzene rings is 1. The molecule has 1 atom stereocenters. The van der Waals surface area contributed by atoms with Crippen LogP contribution in [0.4, 0.5) is 0 Å². The molecule has 1 unspecified atom stereocenters. The van der Waals surface area contributed by atoms with E-state index >= 15 is 0 Å². The second kappa shape index (κ2) is 8.57. The highest BCUT2D eigenvalue weighted by atomic mass is 35.5. The number of hydrogen-bond acceptors (Lipinski definition) is 2. The fourth-order valence-corrected chi connectivity index (χ4v) is 3.02. The molecule has 0 fully saturated rings. The van der Waals surface area contributed by atoms with E-state index in [0.717, 1.165) is 11.4 Å². The number of nitrogens with one attached hydrogen (secondary N) is 1. The molecule has 1 rings (SSSR count). The van der Waals surface area contributed by atoms with Crippen molar-refractivity contribution in [3.63, 3.8) is 0 Å². The Morgan fingerprint density at radius 1 is 1.21 bits per heavy atom. The summed E-state index contributed by atoms with van der Waals surface area (Å²) in [4.78, 5) is 0. The summed E-state index contributed by atoms with van der Waals surface area (Å²) in [6.45, 7) is 6.52. The first-order valence-corrected chi connectivity index (χ1v) is 7.71. The van der Waals surface area contributed by atoms with Crippen LogP contribution in [-0.2, 0) is 6.42 Å². The van der Waals surface area contributed by atoms with E-state index in [1.807, 2.05) is 6.07 Å². The van der Waals surface area contributed by atoms with Gasteiger partial charge >= 0.3 is 0 Å². The van der Waals surface area contributed by atoms with Gasteiger partial charge < -0.3 is 0 Å². The van der Waals surface area contributed by atoms with Gasteiger partial charge in [0.15, 0.2) is 0 Å². The van der Waals surface area contributed by atoms with Crippen molar-refractivity contribution in [1.82, 2.24) is 5.43 Å². The molecule has 0 spiro atoms. The third kappa shape index (κ3) is 5.13. The summed E-state index contributed by atoms with van der Waals surface area (Å²) in [5.41, 5.74) is 5.39. The molecular weight excluding hydrogens is 256 g/mol. The molecule has 0 saturated heterocycles. The lowest BCUT2D eigenvalue weighted by molar-refractivity contribution is 0.311. The third-order valence-corrected chi connectivity index (χ3v) is 4.10. The Balaban J connectivity index is 2.78. The van der Waals surface area contributed by atoms with Crippen LogP contribution in [0.2, 0.25) is 5.02 Å². The quantitative estimate of drug-likeness (QED) is 0.553. The van der Waals surface area contributed by atoms with Crippen LogP contribution < -0.4 is 11.3 Å². The van der Waals surface area contributed by atoms with Crippen molar-refractivity contribution >= 4 is 11.6 Å². The van der Waals surface area contributed by atoms with Gasteiger partial charge in [-0.2, -0.15) is 0 Å². The van der Waals surface area contributed by atoms with Gasteiger partial charge in [0.25, 0.3) is 0 Å². The molecule has 3 heteroatoms. The van der Waals surface area contributed by atoms with E-state index in [1.165, 1.54) is 36.8 Å². The zero-order valence-corrected chi connectivity index (χ0v) is 13.1. The summed E-state index contributed by atoms with van der Waals surface area (Å²) in [5.74, 6) is 6.39. The standard InChI is InChI=1S/C16H27ClN2/c1-4-6-13(7-5-2)16(19-18)11-14-9-8-12(3)10-15(14)17/h8-10,13,16,19H,4-7,11,18H2,1-3H3. The van der Waals surface area contributed by atoms with Crippen molar-refractivity contribution in [2.24, 2.45) is 11.8 Å². The van der Waals surface area contributed by atoms with E-state index in [1.54, 1.807) is 0 Å². The fourth-order valence-electron chi connectivity index (χ4n) is 2.70. The average molecular weight is 283 g/mol. The second-order valence-electron chi connectivity index (χ2n) is 5.41. The van der Waals surface area contributed by atoms with Crippen molar-refractivity contribution in [1.29, 1.82) is 0 Å². The minimum Gasteiger partial charge on any atom is -0.271 e. The Hall–Kier alpha value is -0.570. The number of aryl methyl sites for hydroxylation is 1. The predicted molar refractivity (Wildman–Crippen MR) is 84.3 cm³/mol. The molecule has 0 aliphatic rings. The minimum absolute atomic E-state index is 0.306. The molecule has 1 aromatic rings. The van der Waals surface area contributed by atoms with Crippen LogP contribution in [0.1, 0.15) is 50.7 Å². The lowest BCUT2D eigenvalue weighted by Gasteiger charge is -2.26. The molecule has 0 aliphatic heterocycles. The molecule has 1 aromatic carbocycles. The molecule has 3 N–H and O–H groups in total. The van der Waals surface area contributed by atoms with Crippen LogP contribution in [0.25, 0.3) is 0 Å². The smallest absolute Gasteiger partial charge is 0.0441 e. The summed E-state index contributed by atoms with van der Waals surface area (Å²) in [6.07, 6.45) is 5.73. The maximum Gasteiger partial charge on any atom is 0.0441 e. The van der Waals surface area contributed by atoms with E-state index in [4.69, 9.17) is 17.4 Å². The summed E-state index contributed by atoms with van der Waals surface area (Å²) < 4.78 is 0. The van der Waals surface area contributed by atoms with Crippen molar-refractivity contribution in [2.75, 3.05) is 0 Å². The van der Waals surface area contributed by atoms with Crippen molar-refractivity contribution in [2.45, 2.75) is 58.9 Å². The lowest BCUT2D eigenvalue weighted by atomic mass is 9.87. The number of nitrogens with two attached hydrogens (primary N) is 1. The first-order valence-electron chi connectivity index (χ1n) is 7.33. The third-order valence-electron chi connectivity index (χ3n) is 3.75. The summed E-state index contributed by atoms with van der Waals surface area (Å²) in [6, 6.07) is 6.57. The Kier molecular flexibility index (Phi) is 7.44. The molecular formula is C16H27ClN2.